The molecule has 0 amide bonds. The Labute approximate surface area is 168 Å². The van der Waals surface area contributed by atoms with Crippen molar-refractivity contribution < 1.29 is 0 Å². The van der Waals surface area contributed by atoms with Crippen molar-refractivity contribution in [2.45, 2.75) is 0 Å². The van der Waals surface area contributed by atoms with Gasteiger partial charge in [-0.05, 0) is 24.3 Å². The third-order valence-electron chi connectivity index (χ3n) is 5.64. The number of aromatic nitrogens is 3. The maximum absolute atomic E-state index is 3.43. The Morgan fingerprint density at radius 1 is 0.483 bits per heavy atom. The summed E-state index contributed by atoms with van der Waals surface area (Å²) in [6.45, 7) is 0. The number of H-pyrrole nitrogens is 2. The SMILES string of the molecule is c1ccc(-n2cc(-c3c[nH]c4ccccc34)c(-c3c[nH]c4ccccc34)c2)cc1. The smallest absolute Gasteiger partial charge is 0.0460 e. The van der Waals surface area contributed by atoms with Gasteiger partial charge in [0.15, 0.2) is 0 Å². The first-order valence-electron chi connectivity index (χ1n) is 9.79. The van der Waals surface area contributed by atoms with Crippen LogP contribution in [0.3, 0.4) is 0 Å². The van der Waals surface area contributed by atoms with Crippen molar-refractivity contribution >= 4 is 21.8 Å². The summed E-state index contributed by atoms with van der Waals surface area (Å²) >= 11 is 0. The molecule has 0 bridgehead atoms. The van der Waals surface area contributed by atoms with E-state index in [0.717, 1.165) is 16.7 Å². The van der Waals surface area contributed by atoms with Crippen LogP contribution in [-0.4, -0.2) is 14.5 Å². The molecule has 0 saturated heterocycles. The molecule has 0 fully saturated rings. The van der Waals surface area contributed by atoms with E-state index in [1.165, 1.54) is 33.0 Å². The molecule has 0 aliphatic heterocycles. The molecule has 0 unspecified atom stereocenters. The minimum atomic E-state index is 1.15. The molecule has 0 saturated carbocycles. The fourth-order valence-corrected chi connectivity index (χ4v) is 4.22. The van der Waals surface area contributed by atoms with Gasteiger partial charge in [0.2, 0.25) is 0 Å². The van der Waals surface area contributed by atoms with Crippen molar-refractivity contribution in [1.82, 2.24) is 14.5 Å². The summed E-state index contributed by atoms with van der Waals surface area (Å²) in [5.41, 5.74) is 8.33. The average molecular weight is 373 g/mol. The van der Waals surface area contributed by atoms with Gasteiger partial charge in [0.1, 0.15) is 0 Å². The van der Waals surface area contributed by atoms with Gasteiger partial charge in [-0.25, -0.2) is 0 Å². The Kier molecular flexibility index (Phi) is 3.47. The molecule has 3 nitrogen and oxygen atoms in total. The Morgan fingerprint density at radius 2 is 0.966 bits per heavy atom. The number of benzene rings is 3. The van der Waals surface area contributed by atoms with Gasteiger partial charge in [0.05, 0.1) is 0 Å². The molecule has 3 heteroatoms. The maximum atomic E-state index is 3.43. The second-order valence-corrected chi connectivity index (χ2v) is 7.32. The van der Waals surface area contributed by atoms with Gasteiger partial charge in [-0.3, -0.25) is 0 Å². The highest BCUT2D eigenvalue weighted by molar-refractivity contribution is 6.04. The van der Waals surface area contributed by atoms with Crippen LogP contribution in [0.2, 0.25) is 0 Å². The number of fused-ring (bicyclic) bond motifs is 2. The average Bonchev–Trinajstić information content (AvgIpc) is 3.50. The molecule has 6 aromatic rings. The predicted octanol–water partition coefficient (Wildman–Crippen LogP) is 6.77. The molecule has 3 aromatic carbocycles. The second kappa shape index (κ2) is 6.28. The van der Waals surface area contributed by atoms with Crippen molar-refractivity contribution in [3.05, 3.63) is 104 Å². The number of rotatable bonds is 3. The van der Waals surface area contributed by atoms with E-state index >= 15 is 0 Å². The van der Waals surface area contributed by atoms with Gasteiger partial charge >= 0.3 is 0 Å². The van der Waals surface area contributed by atoms with Crippen LogP contribution in [0.4, 0.5) is 0 Å². The van der Waals surface area contributed by atoms with Crippen molar-refractivity contribution in [1.29, 1.82) is 0 Å². The standard InChI is InChI=1S/C26H19N3/c1-2-8-18(9-3-1)29-16-23(21-14-27-25-12-6-4-10-19(21)25)24(17-29)22-15-28-26-13-7-5-11-20(22)26/h1-17,27-28H. The highest BCUT2D eigenvalue weighted by atomic mass is 14.9. The highest BCUT2D eigenvalue weighted by Gasteiger charge is 2.17. The van der Waals surface area contributed by atoms with Crippen LogP contribution in [0.1, 0.15) is 0 Å². The zero-order valence-electron chi connectivity index (χ0n) is 15.8. The number of para-hydroxylation sites is 3. The Bertz CT molecular complexity index is 1360. The van der Waals surface area contributed by atoms with Gasteiger partial charge in [-0.2, -0.15) is 0 Å². The topological polar surface area (TPSA) is 36.5 Å². The zero-order chi connectivity index (χ0) is 19.2. The van der Waals surface area contributed by atoms with E-state index < -0.39 is 0 Å². The molecule has 6 rings (SSSR count). The van der Waals surface area contributed by atoms with E-state index in [1.54, 1.807) is 0 Å². The summed E-state index contributed by atoms with van der Waals surface area (Å²) in [5.74, 6) is 0. The van der Waals surface area contributed by atoms with E-state index in [9.17, 15) is 0 Å². The zero-order valence-corrected chi connectivity index (χ0v) is 15.8. The molecule has 3 heterocycles. The quantitative estimate of drug-likeness (QED) is 0.343. The van der Waals surface area contributed by atoms with Gasteiger partial charge in [0.25, 0.3) is 0 Å². The van der Waals surface area contributed by atoms with Gasteiger partial charge in [0, 0.05) is 74.5 Å². The molecule has 0 spiro atoms. The van der Waals surface area contributed by atoms with Crippen LogP contribution in [-0.2, 0) is 0 Å². The summed E-state index contributed by atoms with van der Waals surface area (Å²) in [6, 6.07) is 27.4. The molecule has 2 N–H and O–H groups in total. The lowest BCUT2D eigenvalue weighted by atomic mass is 9.98. The summed E-state index contributed by atoms with van der Waals surface area (Å²) in [5, 5.41) is 2.47. The first-order chi connectivity index (χ1) is 14.4. The van der Waals surface area contributed by atoms with Crippen LogP contribution >= 0.6 is 0 Å². The largest absolute Gasteiger partial charge is 0.361 e. The van der Waals surface area contributed by atoms with Crippen LogP contribution in [0, 0.1) is 0 Å². The molecule has 138 valence electrons. The first kappa shape index (κ1) is 16.0. The molecule has 29 heavy (non-hydrogen) atoms. The van der Waals surface area contributed by atoms with Gasteiger partial charge in [-0.1, -0.05) is 54.6 Å². The minimum Gasteiger partial charge on any atom is -0.361 e. The first-order valence-corrected chi connectivity index (χ1v) is 9.79. The van der Waals surface area contributed by atoms with Crippen LogP contribution in [0.15, 0.2) is 104 Å². The molecule has 0 atom stereocenters. The minimum absolute atomic E-state index is 1.15. The lowest BCUT2D eigenvalue weighted by Crippen LogP contribution is -1.87. The third kappa shape index (κ3) is 2.52. The van der Waals surface area contributed by atoms with Crippen LogP contribution in [0.25, 0.3) is 49.7 Å². The Morgan fingerprint density at radius 3 is 1.52 bits per heavy atom. The van der Waals surface area contributed by atoms with Crippen LogP contribution < -0.4 is 0 Å². The van der Waals surface area contributed by atoms with Gasteiger partial charge < -0.3 is 14.5 Å². The normalized spacial score (nSPS) is 11.4. The third-order valence-corrected chi connectivity index (χ3v) is 5.64. The van der Waals surface area contributed by atoms with Gasteiger partial charge in [-0.15, -0.1) is 0 Å². The number of aromatic amines is 2. The molecular weight excluding hydrogens is 354 g/mol. The lowest BCUT2D eigenvalue weighted by molar-refractivity contribution is 1.08. The van der Waals surface area contributed by atoms with Crippen molar-refractivity contribution in [3.63, 3.8) is 0 Å². The monoisotopic (exact) mass is 373 g/mol. The maximum Gasteiger partial charge on any atom is 0.0460 e. The Balaban J connectivity index is 1.65. The second-order valence-electron chi connectivity index (χ2n) is 7.32. The van der Waals surface area contributed by atoms with E-state index in [-0.39, 0.29) is 0 Å². The van der Waals surface area contributed by atoms with E-state index in [0.29, 0.717) is 0 Å². The Hall–Kier alpha value is -3.98. The predicted molar refractivity (Wildman–Crippen MR) is 120 cm³/mol. The number of nitrogens with one attached hydrogen (secondary N) is 2. The molecule has 0 aliphatic carbocycles. The lowest BCUT2D eigenvalue weighted by Gasteiger charge is -2.02. The summed E-state index contributed by atoms with van der Waals surface area (Å²) in [6.07, 6.45) is 8.71. The van der Waals surface area contributed by atoms with Crippen molar-refractivity contribution in [2.75, 3.05) is 0 Å². The number of hydrogen-bond donors (Lipinski definition) is 2. The fourth-order valence-electron chi connectivity index (χ4n) is 4.22. The number of nitrogens with zero attached hydrogens (tertiary/aromatic N) is 1. The van der Waals surface area contributed by atoms with Crippen LogP contribution in [0.5, 0.6) is 0 Å². The summed E-state index contributed by atoms with van der Waals surface area (Å²) < 4.78 is 2.22. The highest BCUT2D eigenvalue weighted by Crippen LogP contribution is 2.40. The van der Waals surface area contributed by atoms with Crippen molar-refractivity contribution in [3.8, 4) is 27.9 Å². The van der Waals surface area contributed by atoms with E-state index in [2.05, 4.69) is 112 Å². The van der Waals surface area contributed by atoms with Crippen molar-refractivity contribution in [2.24, 2.45) is 0 Å². The van der Waals surface area contributed by atoms with E-state index in [1.807, 2.05) is 6.07 Å². The molecule has 0 radical (unpaired) electrons. The number of hydrogen-bond acceptors (Lipinski definition) is 0. The summed E-state index contributed by atoms with van der Waals surface area (Å²) in [4.78, 5) is 6.86. The fraction of sp³-hybridized carbons (Fsp3) is 0. The molecule has 0 aliphatic rings. The van der Waals surface area contributed by atoms with E-state index in [4.69, 9.17) is 0 Å². The molecule has 3 aromatic heterocycles. The summed E-state index contributed by atoms with van der Waals surface area (Å²) in [7, 11) is 0. The molecular formula is C26H19N3.